The first-order chi connectivity index (χ1) is 9.25. The van der Waals surface area contributed by atoms with Crippen molar-refractivity contribution in [2.75, 3.05) is 13.1 Å². The number of halogens is 1. The fourth-order valence-corrected chi connectivity index (χ4v) is 2.71. The fourth-order valence-electron chi connectivity index (χ4n) is 2.71. The minimum absolute atomic E-state index is 0.126. The third kappa shape index (κ3) is 2.35. The Kier molecular flexibility index (Phi) is 3.23. The molecule has 1 aliphatic heterocycles. The number of likely N-dealkylation sites (tertiary alicyclic amines) is 1. The second-order valence-corrected chi connectivity index (χ2v) is 5.06. The molecule has 3 nitrogen and oxygen atoms in total. The zero-order valence-corrected chi connectivity index (χ0v) is 10.8. The molecule has 19 heavy (non-hydrogen) atoms. The van der Waals surface area contributed by atoms with Gasteiger partial charge in [0.1, 0.15) is 12.4 Å². The van der Waals surface area contributed by atoms with E-state index in [2.05, 4.69) is 0 Å². The van der Waals surface area contributed by atoms with Crippen LogP contribution in [-0.2, 0) is 11.3 Å². The van der Waals surface area contributed by atoms with Gasteiger partial charge in [0.15, 0.2) is 0 Å². The number of hydrogen-bond donors (Lipinski definition) is 0. The highest BCUT2D eigenvalue weighted by Crippen LogP contribution is 2.19. The summed E-state index contributed by atoms with van der Waals surface area (Å²) in [6, 6.07) is 6.70. The van der Waals surface area contributed by atoms with Crippen molar-refractivity contribution >= 4 is 16.8 Å². The highest BCUT2D eigenvalue weighted by molar-refractivity contribution is 5.83. The van der Waals surface area contributed by atoms with Crippen LogP contribution in [-0.4, -0.2) is 28.5 Å². The summed E-state index contributed by atoms with van der Waals surface area (Å²) in [5.41, 5.74) is 0.783. The molecule has 1 fully saturated rings. The fraction of sp³-hybridized carbons (Fsp3) is 0.400. The summed E-state index contributed by atoms with van der Waals surface area (Å²) in [5, 5.41) is 0.578. The van der Waals surface area contributed by atoms with Gasteiger partial charge in [-0.1, -0.05) is 6.07 Å². The number of amides is 1. The van der Waals surface area contributed by atoms with E-state index in [1.54, 1.807) is 18.3 Å². The molecule has 100 valence electrons. The first-order valence-corrected chi connectivity index (χ1v) is 6.77. The standard InChI is InChI=1S/C15H17FN2O/c16-13-5-4-6-14-12(13)7-10-18(14)11-15(19)17-8-2-1-3-9-17/h4-7,10H,1-3,8-9,11H2. The van der Waals surface area contributed by atoms with Crippen molar-refractivity contribution in [3.8, 4) is 0 Å². The number of carbonyl (C=O) groups excluding carboxylic acids is 1. The van der Waals surface area contributed by atoms with E-state index in [-0.39, 0.29) is 11.7 Å². The molecule has 0 aliphatic carbocycles. The largest absolute Gasteiger partial charge is 0.341 e. The summed E-state index contributed by atoms with van der Waals surface area (Å²) in [4.78, 5) is 14.1. The maximum Gasteiger partial charge on any atom is 0.242 e. The van der Waals surface area contributed by atoms with Crippen LogP contribution in [0.5, 0.6) is 0 Å². The van der Waals surface area contributed by atoms with Crippen LogP contribution in [0.2, 0.25) is 0 Å². The highest BCUT2D eigenvalue weighted by atomic mass is 19.1. The van der Waals surface area contributed by atoms with Gasteiger partial charge in [0.2, 0.25) is 5.91 Å². The van der Waals surface area contributed by atoms with Crippen molar-refractivity contribution in [1.82, 2.24) is 9.47 Å². The molecule has 0 radical (unpaired) electrons. The number of nitrogens with zero attached hydrogens (tertiary/aromatic N) is 2. The molecule has 3 rings (SSSR count). The van der Waals surface area contributed by atoms with Gasteiger partial charge in [-0.3, -0.25) is 4.79 Å². The summed E-state index contributed by atoms with van der Waals surface area (Å²) >= 11 is 0. The monoisotopic (exact) mass is 260 g/mol. The van der Waals surface area contributed by atoms with Gasteiger partial charge >= 0.3 is 0 Å². The molecule has 2 heterocycles. The molecule has 0 atom stereocenters. The third-order valence-electron chi connectivity index (χ3n) is 3.77. The minimum Gasteiger partial charge on any atom is -0.341 e. The second kappa shape index (κ2) is 5.03. The second-order valence-electron chi connectivity index (χ2n) is 5.06. The van der Waals surface area contributed by atoms with Crippen molar-refractivity contribution in [3.63, 3.8) is 0 Å². The number of hydrogen-bond acceptors (Lipinski definition) is 1. The Morgan fingerprint density at radius 2 is 1.95 bits per heavy atom. The molecule has 1 aromatic carbocycles. The van der Waals surface area contributed by atoms with Crippen molar-refractivity contribution in [1.29, 1.82) is 0 Å². The van der Waals surface area contributed by atoms with Crippen molar-refractivity contribution in [3.05, 3.63) is 36.3 Å². The van der Waals surface area contributed by atoms with Crippen LogP contribution in [0.1, 0.15) is 19.3 Å². The van der Waals surface area contributed by atoms with Gasteiger partial charge in [0.05, 0.1) is 5.52 Å². The molecule has 1 amide bonds. The van der Waals surface area contributed by atoms with E-state index < -0.39 is 0 Å². The molecule has 0 saturated carbocycles. The SMILES string of the molecule is O=C(Cn1ccc2c(F)cccc21)N1CCCCC1. The Morgan fingerprint density at radius 1 is 1.16 bits per heavy atom. The first-order valence-electron chi connectivity index (χ1n) is 6.77. The normalized spacial score (nSPS) is 15.9. The lowest BCUT2D eigenvalue weighted by atomic mass is 10.1. The van der Waals surface area contributed by atoms with Crippen molar-refractivity contribution < 1.29 is 9.18 Å². The summed E-state index contributed by atoms with van der Waals surface area (Å²) in [7, 11) is 0. The van der Waals surface area contributed by atoms with E-state index in [0.29, 0.717) is 11.9 Å². The van der Waals surface area contributed by atoms with Crippen LogP contribution in [0.4, 0.5) is 4.39 Å². The van der Waals surface area contributed by atoms with E-state index in [1.807, 2.05) is 15.5 Å². The van der Waals surface area contributed by atoms with Crippen molar-refractivity contribution in [2.45, 2.75) is 25.8 Å². The first kappa shape index (κ1) is 12.2. The van der Waals surface area contributed by atoms with E-state index in [0.717, 1.165) is 31.4 Å². The third-order valence-corrected chi connectivity index (χ3v) is 3.77. The molecule has 0 spiro atoms. The zero-order valence-electron chi connectivity index (χ0n) is 10.8. The summed E-state index contributed by atoms with van der Waals surface area (Å²) < 4.78 is 15.4. The molecule has 1 saturated heterocycles. The molecule has 0 bridgehead atoms. The molecule has 0 unspecified atom stereocenters. The zero-order chi connectivity index (χ0) is 13.2. The lowest BCUT2D eigenvalue weighted by molar-refractivity contribution is -0.132. The van der Waals surface area contributed by atoms with E-state index >= 15 is 0 Å². The Hall–Kier alpha value is -1.84. The molecule has 1 aliphatic rings. The maximum absolute atomic E-state index is 13.6. The predicted octanol–water partition coefficient (Wildman–Crippen LogP) is 2.79. The van der Waals surface area contributed by atoms with Gasteiger partial charge < -0.3 is 9.47 Å². The van der Waals surface area contributed by atoms with Crippen LogP contribution in [0.3, 0.4) is 0 Å². The van der Waals surface area contributed by atoms with Crippen LogP contribution < -0.4 is 0 Å². The predicted molar refractivity (Wildman–Crippen MR) is 72.3 cm³/mol. The van der Waals surface area contributed by atoms with Gasteiger partial charge in [-0.25, -0.2) is 4.39 Å². The molecule has 1 aromatic heterocycles. The van der Waals surface area contributed by atoms with Gasteiger partial charge in [-0.15, -0.1) is 0 Å². The van der Waals surface area contributed by atoms with Gasteiger partial charge in [0, 0.05) is 24.7 Å². The number of carbonyl (C=O) groups is 1. The smallest absolute Gasteiger partial charge is 0.242 e. The summed E-state index contributed by atoms with van der Waals surface area (Å²) in [6.07, 6.45) is 5.18. The molecular weight excluding hydrogens is 243 g/mol. The quantitative estimate of drug-likeness (QED) is 0.815. The highest BCUT2D eigenvalue weighted by Gasteiger charge is 2.17. The lowest BCUT2D eigenvalue weighted by Gasteiger charge is -2.27. The number of benzene rings is 1. The van der Waals surface area contributed by atoms with Crippen LogP contribution in [0, 0.1) is 5.82 Å². The van der Waals surface area contributed by atoms with Gasteiger partial charge in [0.25, 0.3) is 0 Å². The van der Waals surface area contributed by atoms with Gasteiger partial charge in [-0.2, -0.15) is 0 Å². The van der Waals surface area contributed by atoms with E-state index in [4.69, 9.17) is 0 Å². The Labute approximate surface area is 111 Å². The maximum atomic E-state index is 13.6. The molecule has 2 aromatic rings. The van der Waals surface area contributed by atoms with Crippen molar-refractivity contribution in [2.24, 2.45) is 0 Å². The number of fused-ring (bicyclic) bond motifs is 1. The van der Waals surface area contributed by atoms with Crippen LogP contribution in [0.15, 0.2) is 30.5 Å². The molecular formula is C15H17FN2O. The van der Waals surface area contributed by atoms with Crippen LogP contribution >= 0.6 is 0 Å². The topological polar surface area (TPSA) is 25.2 Å². The summed E-state index contributed by atoms with van der Waals surface area (Å²) in [5.74, 6) is -0.108. The van der Waals surface area contributed by atoms with E-state index in [1.165, 1.54) is 12.5 Å². The number of piperidine rings is 1. The lowest BCUT2D eigenvalue weighted by Crippen LogP contribution is -2.37. The number of aromatic nitrogens is 1. The van der Waals surface area contributed by atoms with Crippen LogP contribution in [0.25, 0.3) is 10.9 Å². The van der Waals surface area contributed by atoms with E-state index in [9.17, 15) is 9.18 Å². The average Bonchev–Trinajstić information content (AvgIpc) is 2.84. The average molecular weight is 260 g/mol. The summed E-state index contributed by atoms with van der Waals surface area (Å²) in [6.45, 7) is 2.01. The molecule has 0 N–H and O–H groups in total. The minimum atomic E-state index is -0.235. The Balaban J connectivity index is 1.81. The number of rotatable bonds is 2. The Bertz CT molecular complexity index is 599. The molecule has 4 heteroatoms. The van der Waals surface area contributed by atoms with Gasteiger partial charge in [-0.05, 0) is 37.5 Å². The Morgan fingerprint density at radius 3 is 2.74 bits per heavy atom.